The molecule has 0 atom stereocenters. The molecule has 6 nitrogen and oxygen atoms in total. The lowest BCUT2D eigenvalue weighted by Gasteiger charge is -2.05. The first-order chi connectivity index (χ1) is 10.1. The highest BCUT2D eigenvalue weighted by molar-refractivity contribution is 5.69. The summed E-state index contributed by atoms with van der Waals surface area (Å²) in [6.07, 6.45) is 1.75. The maximum Gasteiger partial charge on any atom is 0.262 e. The quantitative estimate of drug-likeness (QED) is 0.751. The molecule has 6 heteroatoms. The van der Waals surface area contributed by atoms with E-state index in [9.17, 15) is 9.90 Å². The molecule has 0 bridgehead atoms. The number of aromatic nitrogens is 4. The topological polar surface area (TPSA) is 83.8 Å². The standard InChI is InChI=1S/C15H14N4O2/c1-9-11(8-19(2)18-9)13-16-14(20)12(15(21)17-13)10-6-4-3-5-7-10/h3-8H,1-2H3,(H2,16,17,20,21). The van der Waals surface area contributed by atoms with E-state index < -0.39 is 0 Å². The maximum atomic E-state index is 12.3. The number of nitrogens with zero attached hydrogens (tertiary/aromatic N) is 3. The molecule has 1 aromatic carbocycles. The highest BCUT2D eigenvalue weighted by Crippen LogP contribution is 2.26. The summed E-state index contributed by atoms with van der Waals surface area (Å²) in [5.41, 5.74) is 1.82. The Morgan fingerprint density at radius 2 is 1.95 bits per heavy atom. The molecule has 0 fully saturated rings. The number of hydrogen-bond acceptors (Lipinski definition) is 4. The summed E-state index contributed by atoms with van der Waals surface area (Å²) in [6, 6.07) is 8.94. The van der Waals surface area contributed by atoms with E-state index in [0.717, 1.165) is 5.69 Å². The molecule has 21 heavy (non-hydrogen) atoms. The van der Waals surface area contributed by atoms with Gasteiger partial charge in [0.25, 0.3) is 5.56 Å². The molecule has 106 valence electrons. The summed E-state index contributed by atoms with van der Waals surface area (Å²) in [5.74, 6) is 0.0194. The zero-order valence-corrected chi connectivity index (χ0v) is 11.7. The van der Waals surface area contributed by atoms with E-state index in [0.29, 0.717) is 17.0 Å². The van der Waals surface area contributed by atoms with Crippen LogP contribution in [0, 0.1) is 6.92 Å². The van der Waals surface area contributed by atoms with Crippen LogP contribution in [0.15, 0.2) is 41.3 Å². The Morgan fingerprint density at radius 1 is 1.24 bits per heavy atom. The minimum absolute atomic E-state index is 0.167. The van der Waals surface area contributed by atoms with Crippen LogP contribution in [-0.4, -0.2) is 24.9 Å². The summed E-state index contributed by atoms with van der Waals surface area (Å²) < 4.78 is 1.63. The Balaban J connectivity index is 2.17. The average Bonchev–Trinajstić information content (AvgIpc) is 2.78. The van der Waals surface area contributed by atoms with Crippen LogP contribution in [0.2, 0.25) is 0 Å². The number of aromatic hydroxyl groups is 1. The van der Waals surface area contributed by atoms with Crippen molar-refractivity contribution in [1.82, 2.24) is 19.7 Å². The van der Waals surface area contributed by atoms with Gasteiger partial charge in [-0.3, -0.25) is 9.48 Å². The third-order valence-electron chi connectivity index (χ3n) is 3.23. The number of aromatic amines is 1. The number of nitrogens with one attached hydrogen (secondary N) is 1. The molecule has 2 aromatic heterocycles. The third kappa shape index (κ3) is 2.31. The van der Waals surface area contributed by atoms with Gasteiger partial charge in [0.1, 0.15) is 11.4 Å². The smallest absolute Gasteiger partial charge is 0.262 e. The van der Waals surface area contributed by atoms with Crippen LogP contribution in [0.1, 0.15) is 5.69 Å². The molecule has 0 saturated heterocycles. The zero-order valence-electron chi connectivity index (χ0n) is 11.7. The molecule has 0 aliphatic rings. The first-order valence-corrected chi connectivity index (χ1v) is 6.45. The maximum absolute atomic E-state index is 12.3. The fourth-order valence-electron chi connectivity index (χ4n) is 2.29. The van der Waals surface area contributed by atoms with Gasteiger partial charge in [-0.25, -0.2) is 0 Å². The Bertz CT molecular complexity index is 850. The second kappa shape index (κ2) is 4.90. The van der Waals surface area contributed by atoms with E-state index in [4.69, 9.17) is 0 Å². The van der Waals surface area contributed by atoms with Gasteiger partial charge in [0.2, 0.25) is 5.88 Å². The zero-order chi connectivity index (χ0) is 15.0. The molecule has 2 N–H and O–H groups in total. The van der Waals surface area contributed by atoms with Crippen molar-refractivity contribution in [3.05, 3.63) is 52.6 Å². The molecule has 2 heterocycles. The van der Waals surface area contributed by atoms with Crippen molar-refractivity contribution in [1.29, 1.82) is 0 Å². The van der Waals surface area contributed by atoms with Gasteiger partial charge in [-0.15, -0.1) is 0 Å². The Kier molecular flexibility index (Phi) is 3.06. The molecule has 0 aliphatic carbocycles. The predicted octanol–water partition coefficient (Wildman–Crippen LogP) is 1.85. The average molecular weight is 282 g/mol. The fourth-order valence-corrected chi connectivity index (χ4v) is 2.29. The molecular formula is C15H14N4O2. The summed E-state index contributed by atoms with van der Waals surface area (Å²) in [4.78, 5) is 19.1. The number of aryl methyl sites for hydroxylation is 2. The van der Waals surface area contributed by atoms with E-state index >= 15 is 0 Å². The highest BCUT2D eigenvalue weighted by atomic mass is 16.3. The number of H-pyrrole nitrogens is 1. The molecular weight excluding hydrogens is 268 g/mol. The van der Waals surface area contributed by atoms with Crippen LogP contribution in [0.5, 0.6) is 5.88 Å². The van der Waals surface area contributed by atoms with Crippen molar-refractivity contribution in [2.75, 3.05) is 0 Å². The van der Waals surface area contributed by atoms with E-state index in [1.807, 2.05) is 13.0 Å². The van der Waals surface area contributed by atoms with E-state index in [2.05, 4.69) is 15.1 Å². The van der Waals surface area contributed by atoms with Crippen LogP contribution in [-0.2, 0) is 7.05 Å². The summed E-state index contributed by atoms with van der Waals surface area (Å²) >= 11 is 0. The lowest BCUT2D eigenvalue weighted by molar-refractivity contribution is 0.454. The normalized spacial score (nSPS) is 10.8. The Hall–Kier alpha value is -2.89. The SMILES string of the molecule is Cc1nn(C)cc1-c1nc(O)c(-c2ccccc2)c(=O)[nH]1. The van der Waals surface area contributed by atoms with Crippen molar-refractivity contribution in [2.45, 2.75) is 6.92 Å². The van der Waals surface area contributed by atoms with E-state index in [-0.39, 0.29) is 17.0 Å². The van der Waals surface area contributed by atoms with Crippen molar-refractivity contribution in [3.8, 4) is 28.4 Å². The van der Waals surface area contributed by atoms with E-state index in [1.54, 1.807) is 42.2 Å². The third-order valence-corrected chi connectivity index (χ3v) is 3.23. The fraction of sp³-hybridized carbons (Fsp3) is 0.133. The summed E-state index contributed by atoms with van der Waals surface area (Å²) in [7, 11) is 1.78. The van der Waals surface area contributed by atoms with Gasteiger partial charge in [-0.2, -0.15) is 10.1 Å². The van der Waals surface area contributed by atoms with E-state index in [1.165, 1.54) is 0 Å². The summed E-state index contributed by atoms with van der Waals surface area (Å²) in [5, 5.41) is 14.3. The Morgan fingerprint density at radius 3 is 2.52 bits per heavy atom. The van der Waals surface area contributed by atoms with Crippen molar-refractivity contribution >= 4 is 0 Å². The van der Waals surface area contributed by atoms with Crippen LogP contribution in [0.4, 0.5) is 0 Å². The Labute approximate surface area is 120 Å². The van der Waals surface area contributed by atoms with Gasteiger partial charge in [0.15, 0.2) is 0 Å². The van der Waals surface area contributed by atoms with Gasteiger partial charge >= 0.3 is 0 Å². The molecule has 0 saturated carbocycles. The molecule has 0 aliphatic heterocycles. The molecule has 3 rings (SSSR count). The minimum Gasteiger partial charge on any atom is -0.493 e. The van der Waals surface area contributed by atoms with Gasteiger partial charge in [0.05, 0.1) is 11.3 Å². The van der Waals surface area contributed by atoms with Crippen LogP contribution >= 0.6 is 0 Å². The number of rotatable bonds is 2. The molecule has 0 unspecified atom stereocenters. The minimum atomic E-state index is -0.382. The largest absolute Gasteiger partial charge is 0.493 e. The van der Waals surface area contributed by atoms with Crippen LogP contribution in [0.3, 0.4) is 0 Å². The van der Waals surface area contributed by atoms with Gasteiger partial charge in [0, 0.05) is 13.2 Å². The first-order valence-electron chi connectivity index (χ1n) is 6.45. The second-order valence-electron chi connectivity index (χ2n) is 4.78. The van der Waals surface area contributed by atoms with Crippen LogP contribution < -0.4 is 5.56 Å². The summed E-state index contributed by atoms with van der Waals surface area (Å²) in [6.45, 7) is 1.82. The van der Waals surface area contributed by atoms with Crippen molar-refractivity contribution < 1.29 is 5.11 Å². The predicted molar refractivity (Wildman–Crippen MR) is 78.9 cm³/mol. The molecule has 0 radical (unpaired) electrons. The lowest BCUT2D eigenvalue weighted by atomic mass is 10.1. The molecule has 3 aromatic rings. The number of hydrogen-bond donors (Lipinski definition) is 2. The molecule has 0 spiro atoms. The van der Waals surface area contributed by atoms with Crippen molar-refractivity contribution in [3.63, 3.8) is 0 Å². The lowest BCUT2D eigenvalue weighted by Crippen LogP contribution is -2.12. The first kappa shape index (κ1) is 13.1. The second-order valence-corrected chi connectivity index (χ2v) is 4.78. The van der Waals surface area contributed by atoms with Crippen molar-refractivity contribution in [2.24, 2.45) is 7.05 Å². The van der Waals surface area contributed by atoms with Gasteiger partial charge in [-0.05, 0) is 12.5 Å². The molecule has 0 amide bonds. The highest BCUT2D eigenvalue weighted by Gasteiger charge is 2.15. The van der Waals surface area contributed by atoms with Crippen LogP contribution in [0.25, 0.3) is 22.5 Å². The van der Waals surface area contributed by atoms with Gasteiger partial charge < -0.3 is 10.1 Å². The monoisotopic (exact) mass is 282 g/mol. The number of benzene rings is 1. The van der Waals surface area contributed by atoms with Gasteiger partial charge in [-0.1, -0.05) is 30.3 Å².